The van der Waals surface area contributed by atoms with Crippen LogP contribution >= 0.6 is 7.82 Å². The van der Waals surface area contributed by atoms with Crippen LogP contribution in [0, 0.1) is 0 Å². The fourth-order valence-corrected chi connectivity index (χ4v) is 5.61. The smallest absolute Gasteiger partial charge is 0.463 e. The summed E-state index contributed by atoms with van der Waals surface area (Å²) in [5, 5.41) is 58.5. The van der Waals surface area contributed by atoms with Crippen molar-refractivity contribution < 1.29 is 58.7 Å². The van der Waals surface area contributed by atoms with E-state index in [1.807, 2.05) is 0 Å². The Bertz CT molecular complexity index is 695. The molecule has 1 fully saturated rings. The maximum Gasteiger partial charge on any atom is 0.472 e. The Morgan fingerprint density at radius 2 is 1.07 bits per heavy atom. The van der Waals surface area contributed by atoms with E-state index in [1.54, 1.807) is 0 Å². The molecule has 8 atom stereocenters. The lowest BCUT2D eigenvalue weighted by atomic mass is 9.85. The molecule has 0 heterocycles. The quantitative estimate of drug-likeness (QED) is 0.0513. The van der Waals surface area contributed by atoms with E-state index in [9.17, 15) is 44.9 Å². The number of phosphoric ester groups is 1. The van der Waals surface area contributed by atoms with Crippen LogP contribution in [0.4, 0.5) is 0 Å². The molecule has 0 bridgehead atoms. The van der Waals surface area contributed by atoms with Crippen molar-refractivity contribution in [3.8, 4) is 0 Å². The van der Waals surface area contributed by atoms with Gasteiger partial charge in [0, 0.05) is 6.42 Å². The third-order valence-electron chi connectivity index (χ3n) is 7.18. The normalized spacial score (nSPS) is 27.3. The van der Waals surface area contributed by atoms with Crippen LogP contribution in [0.1, 0.15) is 110 Å². The minimum absolute atomic E-state index is 0.196. The van der Waals surface area contributed by atoms with Crippen molar-refractivity contribution in [1.29, 1.82) is 0 Å². The van der Waals surface area contributed by atoms with Gasteiger partial charge in [0.25, 0.3) is 0 Å². The van der Waals surface area contributed by atoms with E-state index in [1.165, 1.54) is 70.6 Å². The van der Waals surface area contributed by atoms with Crippen molar-refractivity contribution in [2.24, 2.45) is 0 Å². The van der Waals surface area contributed by atoms with Crippen LogP contribution in [0.3, 0.4) is 0 Å². The summed E-state index contributed by atoms with van der Waals surface area (Å²) >= 11 is 0. The van der Waals surface area contributed by atoms with Crippen molar-refractivity contribution in [1.82, 2.24) is 0 Å². The molecule has 1 saturated carbocycles. The fourth-order valence-electron chi connectivity index (χ4n) is 4.64. The molecule has 1 aliphatic carbocycles. The highest BCUT2D eigenvalue weighted by atomic mass is 31.2. The van der Waals surface area contributed by atoms with Gasteiger partial charge in [0.2, 0.25) is 0 Å². The molecule has 7 N–H and O–H groups in total. The van der Waals surface area contributed by atoms with Gasteiger partial charge in [-0.15, -0.1) is 0 Å². The zero-order chi connectivity index (χ0) is 30.0. The predicted octanol–water partition coefficient (Wildman–Crippen LogP) is 2.47. The Balaban J connectivity index is 2.06. The van der Waals surface area contributed by atoms with Crippen LogP contribution in [0.25, 0.3) is 0 Å². The zero-order valence-corrected chi connectivity index (χ0v) is 24.8. The van der Waals surface area contributed by atoms with Gasteiger partial charge < -0.3 is 40.3 Å². The average molecular weight is 601 g/mol. The highest BCUT2D eigenvalue weighted by Crippen LogP contribution is 2.47. The number of phosphoric acid groups is 1. The lowest BCUT2D eigenvalue weighted by molar-refractivity contribution is -0.220. The third kappa shape index (κ3) is 15.5. The summed E-state index contributed by atoms with van der Waals surface area (Å²) in [6.07, 6.45) is 5.23. The van der Waals surface area contributed by atoms with Crippen molar-refractivity contribution in [2.75, 3.05) is 13.2 Å². The minimum Gasteiger partial charge on any atom is -0.463 e. The molecule has 0 amide bonds. The number of hydrogen-bond donors (Lipinski definition) is 7. The summed E-state index contributed by atoms with van der Waals surface area (Å²) in [4.78, 5) is 21.7. The maximum atomic E-state index is 12.1. The second-order valence-corrected chi connectivity index (χ2v) is 12.2. The Morgan fingerprint density at radius 1 is 0.675 bits per heavy atom. The van der Waals surface area contributed by atoms with Crippen LogP contribution in [0.5, 0.6) is 0 Å². The molecule has 0 radical (unpaired) electrons. The number of carbonyl (C=O) groups is 1. The second kappa shape index (κ2) is 21.1. The van der Waals surface area contributed by atoms with Gasteiger partial charge in [-0.25, -0.2) is 4.57 Å². The molecular weight excluding hydrogens is 547 g/mol. The molecule has 0 spiro atoms. The zero-order valence-electron chi connectivity index (χ0n) is 23.9. The summed E-state index contributed by atoms with van der Waals surface area (Å²) in [7, 11) is -4.98. The lowest BCUT2D eigenvalue weighted by Crippen LogP contribution is -2.64. The molecule has 1 aliphatic rings. The summed E-state index contributed by atoms with van der Waals surface area (Å²) in [5.41, 5.74) is 0. The summed E-state index contributed by atoms with van der Waals surface area (Å²) in [6.45, 7) is 0.989. The number of esters is 1. The topological polar surface area (TPSA) is 203 Å². The number of aliphatic hydroxyl groups excluding tert-OH is 6. The van der Waals surface area contributed by atoms with Gasteiger partial charge in [0.15, 0.2) is 0 Å². The number of rotatable bonds is 23. The average Bonchev–Trinajstić information content (AvgIpc) is 2.93. The first-order chi connectivity index (χ1) is 19.0. The van der Waals surface area contributed by atoms with E-state index < -0.39 is 69.7 Å². The molecule has 0 saturated heterocycles. The van der Waals surface area contributed by atoms with Gasteiger partial charge in [0.1, 0.15) is 49.3 Å². The van der Waals surface area contributed by atoms with E-state index in [2.05, 4.69) is 16.0 Å². The molecular formula is C27H53O12P. The minimum atomic E-state index is -4.98. The molecule has 0 aromatic heterocycles. The summed E-state index contributed by atoms with van der Waals surface area (Å²) < 4.78 is 26.3. The number of ether oxygens (including phenoxy) is 1. The Hall–Kier alpha value is -0.660. The van der Waals surface area contributed by atoms with Gasteiger partial charge in [-0.3, -0.25) is 13.8 Å². The van der Waals surface area contributed by atoms with E-state index >= 15 is 0 Å². The van der Waals surface area contributed by atoms with Crippen molar-refractivity contribution in [3.63, 3.8) is 0 Å². The largest absolute Gasteiger partial charge is 0.472 e. The molecule has 0 aromatic rings. The number of unbranched alkanes of at least 4 members (excludes halogenated alkanes) is 14. The first-order valence-corrected chi connectivity index (χ1v) is 16.4. The van der Waals surface area contributed by atoms with Gasteiger partial charge >= 0.3 is 13.8 Å². The second-order valence-electron chi connectivity index (χ2n) is 10.8. The molecule has 0 aromatic carbocycles. The molecule has 40 heavy (non-hydrogen) atoms. The van der Waals surface area contributed by atoms with Crippen LogP contribution in [-0.4, -0.2) is 97.4 Å². The monoisotopic (exact) mass is 600 g/mol. The van der Waals surface area contributed by atoms with Gasteiger partial charge in [-0.2, -0.15) is 0 Å². The SMILES string of the molecule is CCCCCCCCCCCCCCCCCC(=O)OC[C@@H](O)COP(=O)(O)OC1C(O)C(O)C(O)[C@@H](O)C1O. The molecule has 238 valence electrons. The Morgan fingerprint density at radius 3 is 1.52 bits per heavy atom. The molecule has 1 rings (SSSR count). The molecule has 0 aliphatic heterocycles. The van der Waals surface area contributed by atoms with Crippen molar-refractivity contribution in [3.05, 3.63) is 0 Å². The predicted molar refractivity (Wildman–Crippen MR) is 147 cm³/mol. The molecule has 13 heteroatoms. The van der Waals surface area contributed by atoms with Crippen LogP contribution < -0.4 is 0 Å². The highest BCUT2D eigenvalue weighted by Gasteiger charge is 2.51. The van der Waals surface area contributed by atoms with Crippen molar-refractivity contribution in [2.45, 2.75) is 152 Å². The standard InChI is InChI=1S/C27H53O12P/c1-2-3-4-5-6-7-8-9-10-11-12-13-14-15-16-17-21(29)37-18-20(28)19-38-40(35,36)39-27-25(33)23(31)22(30)24(32)26(27)34/h20,22-28,30-34H,2-19H2,1H3,(H,35,36)/t20-,22?,23-,24?,25?,26?,27?/m1/s1. The van der Waals surface area contributed by atoms with E-state index in [0.717, 1.165) is 19.3 Å². The van der Waals surface area contributed by atoms with Crippen molar-refractivity contribution >= 4 is 13.8 Å². The number of hydrogen-bond acceptors (Lipinski definition) is 11. The maximum absolute atomic E-state index is 12.1. The first-order valence-electron chi connectivity index (χ1n) is 14.9. The summed E-state index contributed by atoms with van der Waals surface area (Å²) in [5.74, 6) is -0.507. The van der Waals surface area contributed by atoms with Gasteiger partial charge in [-0.1, -0.05) is 96.8 Å². The molecule has 6 unspecified atom stereocenters. The first kappa shape index (κ1) is 37.4. The Labute approximate surface area is 238 Å². The fraction of sp³-hybridized carbons (Fsp3) is 0.963. The lowest BCUT2D eigenvalue weighted by Gasteiger charge is -2.41. The van der Waals surface area contributed by atoms with Crippen LogP contribution in [0.2, 0.25) is 0 Å². The number of carbonyl (C=O) groups excluding carboxylic acids is 1. The van der Waals surface area contributed by atoms with E-state index in [0.29, 0.717) is 6.42 Å². The number of aliphatic hydroxyl groups is 6. The van der Waals surface area contributed by atoms with Crippen LogP contribution in [-0.2, 0) is 23.1 Å². The highest BCUT2D eigenvalue weighted by molar-refractivity contribution is 7.47. The van der Waals surface area contributed by atoms with E-state index in [4.69, 9.17) is 4.74 Å². The van der Waals surface area contributed by atoms with Crippen LogP contribution in [0.15, 0.2) is 0 Å². The summed E-state index contributed by atoms with van der Waals surface area (Å²) in [6, 6.07) is 0. The Kier molecular flexibility index (Phi) is 19.7. The van der Waals surface area contributed by atoms with Gasteiger partial charge in [-0.05, 0) is 6.42 Å². The van der Waals surface area contributed by atoms with E-state index in [-0.39, 0.29) is 6.42 Å². The third-order valence-corrected chi connectivity index (χ3v) is 8.16. The van der Waals surface area contributed by atoms with Gasteiger partial charge in [0.05, 0.1) is 6.61 Å². The molecule has 12 nitrogen and oxygen atoms in total.